The van der Waals surface area contributed by atoms with Gasteiger partial charge in [0.15, 0.2) is 0 Å². The van der Waals surface area contributed by atoms with E-state index in [1.807, 2.05) is 52.0 Å². The summed E-state index contributed by atoms with van der Waals surface area (Å²) in [7, 11) is 2.45. The van der Waals surface area contributed by atoms with Crippen molar-refractivity contribution in [3.8, 4) is 5.69 Å². The van der Waals surface area contributed by atoms with Crippen LogP contribution in [0.15, 0.2) is 48.7 Å². The monoisotopic (exact) mass is 576 g/mol. The third kappa shape index (κ3) is 6.96. The summed E-state index contributed by atoms with van der Waals surface area (Å²) < 4.78 is 16.9. The van der Waals surface area contributed by atoms with Gasteiger partial charge in [0.1, 0.15) is 5.60 Å². The molecule has 222 valence electrons. The maximum atomic E-state index is 13.7. The van der Waals surface area contributed by atoms with Crippen LogP contribution in [0.25, 0.3) is 5.69 Å². The molecule has 2 heterocycles. The van der Waals surface area contributed by atoms with E-state index in [0.29, 0.717) is 37.2 Å². The van der Waals surface area contributed by atoms with Gasteiger partial charge in [-0.3, -0.25) is 4.79 Å². The first-order valence-corrected chi connectivity index (χ1v) is 13.7. The molecular formula is C31H36N4O7. The van der Waals surface area contributed by atoms with Gasteiger partial charge in [0, 0.05) is 24.7 Å². The SMILES string of the molecule is COC(=O)c1cc(NC(=O)c2cnn(-c3ccc(C)cc3)c2C2CCN(C(=O)OC(C)(C)C)CC2)cc(C(=O)OC)c1. The number of amides is 2. The number of methoxy groups -OCH3 is 2. The highest BCUT2D eigenvalue weighted by Gasteiger charge is 2.32. The zero-order chi connectivity index (χ0) is 30.6. The van der Waals surface area contributed by atoms with Crippen LogP contribution >= 0.6 is 0 Å². The Morgan fingerprint density at radius 3 is 2.00 bits per heavy atom. The Balaban J connectivity index is 1.67. The van der Waals surface area contributed by atoms with Gasteiger partial charge in [-0.1, -0.05) is 17.7 Å². The summed E-state index contributed by atoms with van der Waals surface area (Å²) in [6, 6.07) is 12.0. The van der Waals surface area contributed by atoms with E-state index in [1.54, 1.807) is 9.58 Å². The van der Waals surface area contributed by atoms with Crippen molar-refractivity contribution in [2.45, 2.75) is 52.1 Å². The molecule has 1 aliphatic rings. The van der Waals surface area contributed by atoms with E-state index < -0.39 is 23.4 Å². The van der Waals surface area contributed by atoms with Crippen LogP contribution in [0.4, 0.5) is 10.5 Å². The minimum absolute atomic E-state index is 0.0831. The molecule has 0 saturated carbocycles. The Kier molecular flexibility index (Phi) is 8.99. The maximum Gasteiger partial charge on any atom is 0.410 e. The number of anilines is 1. The highest BCUT2D eigenvalue weighted by molar-refractivity contribution is 6.06. The van der Waals surface area contributed by atoms with Gasteiger partial charge in [-0.2, -0.15) is 5.10 Å². The quantitative estimate of drug-likeness (QED) is 0.316. The fourth-order valence-corrected chi connectivity index (χ4v) is 4.85. The van der Waals surface area contributed by atoms with E-state index in [0.717, 1.165) is 11.3 Å². The van der Waals surface area contributed by atoms with E-state index in [-0.39, 0.29) is 28.8 Å². The second-order valence-electron chi connectivity index (χ2n) is 11.2. The Morgan fingerprint density at radius 2 is 1.48 bits per heavy atom. The first kappa shape index (κ1) is 30.3. The number of likely N-dealkylation sites (tertiary alicyclic amines) is 1. The largest absolute Gasteiger partial charge is 0.465 e. The molecular weight excluding hydrogens is 540 g/mol. The van der Waals surface area contributed by atoms with Crippen molar-refractivity contribution in [3.05, 3.63) is 76.6 Å². The highest BCUT2D eigenvalue weighted by atomic mass is 16.6. The summed E-state index contributed by atoms with van der Waals surface area (Å²) in [6.07, 6.45) is 2.34. The number of aromatic nitrogens is 2. The predicted octanol–water partition coefficient (Wildman–Crippen LogP) is 5.12. The van der Waals surface area contributed by atoms with E-state index in [9.17, 15) is 19.2 Å². The van der Waals surface area contributed by atoms with Crippen LogP contribution in [0.1, 0.15) is 81.9 Å². The van der Waals surface area contributed by atoms with E-state index in [2.05, 4.69) is 10.4 Å². The fraction of sp³-hybridized carbons (Fsp3) is 0.387. The first-order valence-electron chi connectivity index (χ1n) is 13.7. The standard InChI is InChI=1S/C31H36N4O7/c1-19-7-9-24(10-8-19)35-26(20-11-13-34(14-12-20)30(39)42-31(2,3)4)25(18-32-35)27(36)33-23-16-21(28(37)40-5)15-22(17-23)29(38)41-6/h7-10,15-18,20H,11-14H2,1-6H3,(H,33,36). The lowest BCUT2D eigenvalue weighted by Crippen LogP contribution is -2.41. The average molecular weight is 577 g/mol. The third-order valence-electron chi connectivity index (χ3n) is 6.90. The smallest absolute Gasteiger partial charge is 0.410 e. The summed E-state index contributed by atoms with van der Waals surface area (Å²) in [5.41, 5.74) is 2.72. The topological polar surface area (TPSA) is 129 Å². The third-order valence-corrected chi connectivity index (χ3v) is 6.90. The number of ether oxygens (including phenoxy) is 3. The Bertz CT molecular complexity index is 1450. The summed E-state index contributed by atoms with van der Waals surface area (Å²) in [4.78, 5) is 52.5. The number of benzene rings is 2. The van der Waals surface area contributed by atoms with Crippen molar-refractivity contribution in [1.29, 1.82) is 0 Å². The number of nitrogens with zero attached hydrogens (tertiary/aromatic N) is 3. The number of hydrogen-bond acceptors (Lipinski definition) is 8. The lowest BCUT2D eigenvalue weighted by Gasteiger charge is -2.34. The zero-order valence-corrected chi connectivity index (χ0v) is 24.7. The Morgan fingerprint density at radius 1 is 0.905 bits per heavy atom. The number of aryl methyl sites for hydroxylation is 1. The Labute approximate surface area is 244 Å². The molecule has 0 unspecified atom stereocenters. The van der Waals surface area contributed by atoms with Crippen molar-refractivity contribution in [2.75, 3.05) is 32.6 Å². The van der Waals surface area contributed by atoms with Crippen molar-refractivity contribution in [3.63, 3.8) is 0 Å². The van der Waals surface area contributed by atoms with E-state index in [1.165, 1.54) is 38.6 Å². The molecule has 2 amide bonds. The van der Waals surface area contributed by atoms with Crippen molar-refractivity contribution in [2.24, 2.45) is 0 Å². The molecule has 3 aromatic rings. The zero-order valence-electron chi connectivity index (χ0n) is 24.7. The minimum atomic E-state index is -0.666. The number of hydrogen-bond donors (Lipinski definition) is 1. The molecule has 2 aromatic carbocycles. The number of carbonyl (C=O) groups is 4. The Hall–Kier alpha value is -4.67. The summed E-state index contributed by atoms with van der Waals surface area (Å²) >= 11 is 0. The molecule has 0 spiro atoms. The minimum Gasteiger partial charge on any atom is -0.465 e. The highest BCUT2D eigenvalue weighted by Crippen LogP contribution is 2.33. The molecule has 0 bridgehead atoms. The number of rotatable bonds is 6. The number of esters is 2. The molecule has 1 aliphatic heterocycles. The molecule has 0 atom stereocenters. The van der Waals surface area contributed by atoms with Gasteiger partial charge in [0.05, 0.1) is 48.5 Å². The summed E-state index contributed by atoms with van der Waals surface area (Å²) in [5, 5.41) is 7.39. The fourth-order valence-electron chi connectivity index (χ4n) is 4.85. The molecule has 11 nitrogen and oxygen atoms in total. The lowest BCUT2D eigenvalue weighted by atomic mass is 9.90. The van der Waals surface area contributed by atoms with Crippen LogP contribution in [-0.4, -0.2) is 71.5 Å². The van der Waals surface area contributed by atoms with Crippen LogP contribution in [0.2, 0.25) is 0 Å². The summed E-state index contributed by atoms with van der Waals surface area (Å²) in [6.45, 7) is 8.41. The van der Waals surface area contributed by atoms with Crippen LogP contribution in [0, 0.1) is 6.92 Å². The van der Waals surface area contributed by atoms with Crippen LogP contribution in [0.3, 0.4) is 0 Å². The molecule has 11 heteroatoms. The molecule has 1 aromatic heterocycles. The van der Waals surface area contributed by atoms with Crippen LogP contribution in [-0.2, 0) is 14.2 Å². The van der Waals surface area contributed by atoms with Gasteiger partial charge < -0.3 is 24.4 Å². The van der Waals surface area contributed by atoms with Crippen molar-refractivity contribution >= 4 is 29.6 Å². The van der Waals surface area contributed by atoms with Crippen molar-refractivity contribution < 1.29 is 33.4 Å². The second kappa shape index (κ2) is 12.5. The molecule has 1 saturated heterocycles. The maximum absolute atomic E-state index is 13.7. The molecule has 0 radical (unpaired) electrons. The molecule has 1 N–H and O–H groups in total. The van der Waals surface area contributed by atoms with Gasteiger partial charge in [-0.25, -0.2) is 19.1 Å². The lowest BCUT2D eigenvalue weighted by molar-refractivity contribution is 0.0202. The van der Waals surface area contributed by atoms with Gasteiger partial charge in [0.2, 0.25) is 0 Å². The summed E-state index contributed by atoms with van der Waals surface area (Å²) in [5.74, 6) is -1.88. The van der Waals surface area contributed by atoms with Gasteiger partial charge in [-0.05, 0) is 70.9 Å². The van der Waals surface area contributed by atoms with Gasteiger partial charge in [0.25, 0.3) is 5.91 Å². The molecule has 1 fully saturated rings. The number of nitrogens with one attached hydrogen (secondary N) is 1. The predicted molar refractivity (Wildman–Crippen MR) is 155 cm³/mol. The van der Waals surface area contributed by atoms with Crippen LogP contribution in [0.5, 0.6) is 0 Å². The molecule has 0 aliphatic carbocycles. The molecule has 4 rings (SSSR count). The van der Waals surface area contributed by atoms with Crippen LogP contribution < -0.4 is 5.32 Å². The van der Waals surface area contributed by atoms with E-state index >= 15 is 0 Å². The normalized spacial score (nSPS) is 13.8. The number of carbonyl (C=O) groups excluding carboxylic acids is 4. The number of piperidine rings is 1. The van der Waals surface area contributed by atoms with Crippen molar-refractivity contribution in [1.82, 2.24) is 14.7 Å². The van der Waals surface area contributed by atoms with E-state index in [4.69, 9.17) is 14.2 Å². The van der Waals surface area contributed by atoms with Gasteiger partial charge in [-0.15, -0.1) is 0 Å². The molecule has 42 heavy (non-hydrogen) atoms. The van der Waals surface area contributed by atoms with Gasteiger partial charge >= 0.3 is 18.0 Å². The first-order chi connectivity index (χ1) is 19.9. The average Bonchev–Trinajstić information content (AvgIpc) is 3.41. The second-order valence-corrected chi connectivity index (χ2v) is 11.2.